The molecule has 0 saturated heterocycles. The van der Waals surface area contributed by atoms with E-state index in [0.717, 1.165) is 17.5 Å². The molecule has 0 fully saturated rings. The first-order valence-electron chi connectivity index (χ1n) is 5.27. The summed E-state index contributed by atoms with van der Waals surface area (Å²) in [5.74, 6) is 0. The molecule has 1 aromatic carbocycles. The van der Waals surface area contributed by atoms with Gasteiger partial charge in [-0.3, -0.25) is 0 Å². The van der Waals surface area contributed by atoms with Gasteiger partial charge in [0.2, 0.25) is 0 Å². The van der Waals surface area contributed by atoms with Crippen LogP contribution in [0.1, 0.15) is 5.56 Å². The lowest BCUT2D eigenvalue weighted by Crippen LogP contribution is -2.18. The van der Waals surface area contributed by atoms with Gasteiger partial charge in [0.25, 0.3) is 0 Å². The fourth-order valence-electron chi connectivity index (χ4n) is 1.65. The first-order chi connectivity index (χ1) is 8.22. The molecule has 0 aliphatic rings. The first-order valence-corrected chi connectivity index (χ1v) is 6.02. The number of rotatable bonds is 5. The molecule has 1 N–H and O–H groups in total. The van der Waals surface area contributed by atoms with Gasteiger partial charge in [-0.1, -0.05) is 23.2 Å². The SMILES string of the molecule is COCCNCc1coc2c(Cl)cc(Cl)cc12. The Bertz CT molecular complexity index is 510. The van der Waals surface area contributed by atoms with E-state index in [1.807, 2.05) is 6.07 Å². The van der Waals surface area contributed by atoms with Crippen molar-refractivity contribution in [1.29, 1.82) is 0 Å². The lowest BCUT2D eigenvalue weighted by atomic mass is 10.2. The van der Waals surface area contributed by atoms with Crippen LogP contribution in [0.15, 0.2) is 22.8 Å². The quantitative estimate of drug-likeness (QED) is 0.848. The maximum absolute atomic E-state index is 6.04. The second kappa shape index (κ2) is 5.74. The van der Waals surface area contributed by atoms with Crippen LogP contribution in [0, 0.1) is 0 Å². The molecular formula is C12H13Cl2NO2. The van der Waals surface area contributed by atoms with Crippen molar-refractivity contribution >= 4 is 34.2 Å². The molecule has 2 rings (SSSR count). The van der Waals surface area contributed by atoms with Crippen LogP contribution in [0.3, 0.4) is 0 Å². The maximum Gasteiger partial charge on any atom is 0.152 e. The van der Waals surface area contributed by atoms with Crippen molar-refractivity contribution in [2.75, 3.05) is 20.3 Å². The monoisotopic (exact) mass is 273 g/mol. The van der Waals surface area contributed by atoms with Crippen molar-refractivity contribution in [2.45, 2.75) is 6.54 Å². The van der Waals surface area contributed by atoms with E-state index >= 15 is 0 Å². The molecule has 0 bridgehead atoms. The summed E-state index contributed by atoms with van der Waals surface area (Å²) in [5, 5.41) is 5.35. The van der Waals surface area contributed by atoms with E-state index in [4.69, 9.17) is 32.4 Å². The maximum atomic E-state index is 6.04. The van der Waals surface area contributed by atoms with Crippen molar-refractivity contribution in [3.05, 3.63) is 34.0 Å². The summed E-state index contributed by atoms with van der Waals surface area (Å²) in [4.78, 5) is 0. The van der Waals surface area contributed by atoms with Crippen molar-refractivity contribution in [2.24, 2.45) is 0 Å². The summed E-state index contributed by atoms with van der Waals surface area (Å²) in [6.45, 7) is 2.17. The number of furan rings is 1. The molecule has 5 heteroatoms. The fraction of sp³-hybridized carbons (Fsp3) is 0.333. The van der Waals surface area contributed by atoms with E-state index < -0.39 is 0 Å². The summed E-state index contributed by atoms with van der Waals surface area (Å²) < 4.78 is 10.4. The van der Waals surface area contributed by atoms with Crippen LogP contribution < -0.4 is 5.32 Å². The van der Waals surface area contributed by atoms with Crippen molar-refractivity contribution in [3.63, 3.8) is 0 Å². The predicted molar refractivity (Wildman–Crippen MR) is 69.8 cm³/mol. The smallest absolute Gasteiger partial charge is 0.152 e. The molecule has 0 amide bonds. The van der Waals surface area contributed by atoms with E-state index in [9.17, 15) is 0 Å². The molecule has 0 radical (unpaired) electrons. The number of nitrogens with one attached hydrogen (secondary N) is 1. The summed E-state index contributed by atoms with van der Waals surface area (Å²) in [6, 6.07) is 3.54. The van der Waals surface area contributed by atoms with Gasteiger partial charge in [0, 0.05) is 36.2 Å². The van der Waals surface area contributed by atoms with Crippen molar-refractivity contribution in [3.8, 4) is 0 Å². The Balaban J connectivity index is 2.18. The van der Waals surface area contributed by atoms with Gasteiger partial charge >= 0.3 is 0 Å². The standard InChI is InChI=1S/C12H13Cl2NO2/c1-16-3-2-15-6-8-7-17-12-10(8)4-9(13)5-11(12)14/h4-5,7,15H,2-3,6H2,1H3. The van der Waals surface area contributed by atoms with Crippen LogP contribution in [0.5, 0.6) is 0 Å². The van der Waals surface area contributed by atoms with Gasteiger partial charge in [0.1, 0.15) is 0 Å². The Morgan fingerprint density at radius 1 is 1.35 bits per heavy atom. The second-order valence-electron chi connectivity index (χ2n) is 3.69. The molecule has 17 heavy (non-hydrogen) atoms. The zero-order chi connectivity index (χ0) is 12.3. The highest BCUT2D eigenvalue weighted by Gasteiger charge is 2.10. The molecule has 1 heterocycles. The lowest BCUT2D eigenvalue weighted by molar-refractivity contribution is 0.199. The predicted octanol–water partition coefficient (Wildman–Crippen LogP) is 3.48. The number of fused-ring (bicyclic) bond motifs is 1. The minimum absolute atomic E-state index is 0.538. The van der Waals surface area contributed by atoms with Gasteiger partial charge in [0.15, 0.2) is 5.58 Å². The molecule has 0 unspecified atom stereocenters. The summed E-state index contributed by atoms with van der Waals surface area (Å²) >= 11 is 12.0. The van der Waals surface area contributed by atoms with Gasteiger partial charge in [-0.25, -0.2) is 0 Å². The van der Waals surface area contributed by atoms with Crippen molar-refractivity contribution in [1.82, 2.24) is 5.32 Å². The molecule has 0 atom stereocenters. The number of ether oxygens (including phenoxy) is 1. The summed E-state index contributed by atoms with van der Waals surface area (Å²) in [5.41, 5.74) is 1.72. The fourth-order valence-corrected chi connectivity index (χ4v) is 2.18. The van der Waals surface area contributed by atoms with Crippen LogP contribution >= 0.6 is 23.2 Å². The van der Waals surface area contributed by atoms with Gasteiger partial charge in [-0.15, -0.1) is 0 Å². The zero-order valence-corrected chi connectivity index (χ0v) is 10.9. The molecule has 92 valence electrons. The number of methoxy groups -OCH3 is 1. The molecule has 0 spiro atoms. The molecule has 0 aliphatic carbocycles. The number of hydrogen-bond acceptors (Lipinski definition) is 3. The van der Waals surface area contributed by atoms with Crippen LogP contribution in [-0.2, 0) is 11.3 Å². The highest BCUT2D eigenvalue weighted by Crippen LogP contribution is 2.31. The second-order valence-corrected chi connectivity index (χ2v) is 4.54. The lowest BCUT2D eigenvalue weighted by Gasteiger charge is -2.02. The third-order valence-corrected chi connectivity index (χ3v) is 2.97. The topological polar surface area (TPSA) is 34.4 Å². The largest absolute Gasteiger partial charge is 0.462 e. The molecule has 2 aromatic rings. The Morgan fingerprint density at radius 2 is 2.18 bits per heavy atom. The molecule has 0 saturated carbocycles. The average Bonchev–Trinajstić information content (AvgIpc) is 2.68. The Morgan fingerprint density at radius 3 is 2.94 bits per heavy atom. The highest BCUT2D eigenvalue weighted by molar-refractivity contribution is 6.38. The number of halogens is 2. The van der Waals surface area contributed by atoms with Crippen LogP contribution in [0.25, 0.3) is 11.0 Å². The Kier molecular flexibility index (Phi) is 4.29. The Labute approximate surface area is 110 Å². The average molecular weight is 274 g/mol. The van der Waals surface area contributed by atoms with E-state index in [1.54, 1.807) is 19.4 Å². The third-order valence-electron chi connectivity index (χ3n) is 2.47. The molecule has 3 nitrogen and oxygen atoms in total. The van der Waals surface area contributed by atoms with Crippen LogP contribution in [-0.4, -0.2) is 20.3 Å². The van der Waals surface area contributed by atoms with Crippen LogP contribution in [0.2, 0.25) is 10.0 Å². The van der Waals surface area contributed by atoms with E-state index in [0.29, 0.717) is 28.8 Å². The Hall–Kier alpha value is -0.740. The van der Waals surface area contributed by atoms with Gasteiger partial charge in [-0.2, -0.15) is 0 Å². The van der Waals surface area contributed by atoms with Crippen LogP contribution in [0.4, 0.5) is 0 Å². The highest BCUT2D eigenvalue weighted by atomic mass is 35.5. The van der Waals surface area contributed by atoms with E-state index in [2.05, 4.69) is 5.32 Å². The number of hydrogen-bond donors (Lipinski definition) is 1. The minimum atomic E-state index is 0.538. The minimum Gasteiger partial charge on any atom is -0.462 e. The van der Waals surface area contributed by atoms with Gasteiger partial charge in [-0.05, 0) is 12.1 Å². The summed E-state index contributed by atoms with van der Waals surface area (Å²) in [6.07, 6.45) is 1.70. The van der Waals surface area contributed by atoms with E-state index in [-0.39, 0.29) is 0 Å². The molecular weight excluding hydrogens is 261 g/mol. The van der Waals surface area contributed by atoms with Gasteiger partial charge < -0.3 is 14.5 Å². The normalized spacial score (nSPS) is 11.2. The summed E-state index contributed by atoms with van der Waals surface area (Å²) in [7, 11) is 1.68. The molecule has 0 aliphatic heterocycles. The molecule has 1 aromatic heterocycles. The van der Waals surface area contributed by atoms with Crippen molar-refractivity contribution < 1.29 is 9.15 Å². The van der Waals surface area contributed by atoms with E-state index in [1.165, 1.54) is 0 Å². The third kappa shape index (κ3) is 2.93. The number of benzene rings is 1. The zero-order valence-electron chi connectivity index (χ0n) is 9.43. The van der Waals surface area contributed by atoms with Gasteiger partial charge in [0.05, 0.1) is 17.9 Å². The first kappa shape index (κ1) is 12.7.